The Bertz CT molecular complexity index is 1020. The molecule has 2 aliphatic rings. The third-order valence-electron chi connectivity index (χ3n) is 5.61. The molecule has 2 amide bonds. The van der Waals surface area contributed by atoms with E-state index in [4.69, 9.17) is 9.47 Å². The van der Waals surface area contributed by atoms with Gasteiger partial charge in [0.2, 0.25) is 0 Å². The summed E-state index contributed by atoms with van der Waals surface area (Å²) in [6.07, 6.45) is -0.0681. The van der Waals surface area contributed by atoms with Crippen LogP contribution in [0.4, 0.5) is 5.69 Å². The zero-order valence-electron chi connectivity index (χ0n) is 18.4. The van der Waals surface area contributed by atoms with Gasteiger partial charge in [0, 0.05) is 13.1 Å². The summed E-state index contributed by atoms with van der Waals surface area (Å²) in [4.78, 5) is 30.6. The molecule has 4 rings (SSSR count). The largest absolute Gasteiger partial charge is 0.494 e. The number of ether oxygens (including phenoxy) is 2. The highest BCUT2D eigenvalue weighted by atomic mass is 16.5. The molecular formula is C25H28N2O4. The number of anilines is 1. The van der Waals surface area contributed by atoms with Gasteiger partial charge in [-0.3, -0.25) is 9.59 Å². The molecule has 2 aliphatic heterocycles. The topological polar surface area (TPSA) is 59.1 Å². The molecule has 1 fully saturated rings. The van der Waals surface area contributed by atoms with Crippen LogP contribution in [-0.2, 0) is 14.3 Å². The molecule has 0 N–H and O–H groups in total. The summed E-state index contributed by atoms with van der Waals surface area (Å²) in [5, 5.41) is 0. The summed E-state index contributed by atoms with van der Waals surface area (Å²) in [6.45, 7) is 9.48. The molecular weight excluding hydrogens is 392 g/mol. The normalized spacial score (nSPS) is 21.8. The van der Waals surface area contributed by atoms with Crippen LogP contribution in [0.15, 0.2) is 54.2 Å². The number of amides is 2. The minimum absolute atomic E-state index is 0.0340. The Labute approximate surface area is 183 Å². The highest BCUT2D eigenvalue weighted by molar-refractivity contribution is 6.45. The Morgan fingerprint density at radius 1 is 0.968 bits per heavy atom. The second-order valence-electron chi connectivity index (χ2n) is 8.08. The van der Waals surface area contributed by atoms with Crippen molar-refractivity contribution in [1.29, 1.82) is 0 Å². The number of carbonyl (C=O) groups excluding carboxylic acids is 2. The lowest BCUT2D eigenvalue weighted by molar-refractivity contribution is -0.121. The average Bonchev–Trinajstić information content (AvgIpc) is 2.99. The Morgan fingerprint density at radius 2 is 1.61 bits per heavy atom. The first kappa shape index (κ1) is 21.1. The summed E-state index contributed by atoms with van der Waals surface area (Å²) in [5.41, 5.74) is 3.07. The van der Waals surface area contributed by atoms with E-state index in [2.05, 4.69) is 0 Å². The number of para-hydroxylation sites is 1. The average molecular weight is 421 g/mol. The minimum Gasteiger partial charge on any atom is -0.494 e. The lowest BCUT2D eigenvalue weighted by atomic mass is 10.0. The molecule has 6 heteroatoms. The Balaban J connectivity index is 1.82. The van der Waals surface area contributed by atoms with Gasteiger partial charge >= 0.3 is 0 Å². The number of hydrogen-bond acceptors (Lipinski definition) is 5. The standard InChI is InChI=1S/C25H28N2O4/c1-5-30-20-12-10-19(11-13-20)22-23(26-14-17(3)31-18(4)15-26)25(29)27(24(22)28)21-9-7-6-8-16(21)2/h6-13,17-18H,5,14-15H2,1-4H3. The van der Waals surface area contributed by atoms with E-state index in [1.807, 2.05) is 81.1 Å². The molecule has 1 saturated heterocycles. The van der Waals surface area contributed by atoms with Gasteiger partial charge in [0.25, 0.3) is 11.8 Å². The van der Waals surface area contributed by atoms with Crippen LogP contribution >= 0.6 is 0 Å². The first-order valence-corrected chi connectivity index (χ1v) is 10.7. The van der Waals surface area contributed by atoms with Crippen molar-refractivity contribution in [2.45, 2.75) is 39.9 Å². The predicted octanol–water partition coefficient (Wildman–Crippen LogP) is 3.79. The molecule has 2 unspecified atom stereocenters. The molecule has 0 bridgehead atoms. The summed E-state index contributed by atoms with van der Waals surface area (Å²) in [7, 11) is 0. The Hall–Kier alpha value is -3.12. The molecule has 2 aromatic rings. The molecule has 0 aliphatic carbocycles. The molecule has 0 radical (unpaired) electrons. The van der Waals surface area contributed by atoms with Crippen molar-refractivity contribution in [3.8, 4) is 5.75 Å². The van der Waals surface area contributed by atoms with Gasteiger partial charge in [-0.05, 0) is 57.0 Å². The molecule has 31 heavy (non-hydrogen) atoms. The lowest BCUT2D eigenvalue weighted by Crippen LogP contribution is -2.47. The van der Waals surface area contributed by atoms with Crippen molar-refractivity contribution in [1.82, 2.24) is 4.90 Å². The highest BCUT2D eigenvalue weighted by Crippen LogP contribution is 2.37. The zero-order valence-corrected chi connectivity index (χ0v) is 18.4. The molecule has 2 heterocycles. The first-order chi connectivity index (χ1) is 14.9. The number of hydrogen-bond donors (Lipinski definition) is 0. The van der Waals surface area contributed by atoms with Gasteiger partial charge in [0.1, 0.15) is 11.4 Å². The molecule has 6 nitrogen and oxygen atoms in total. The smallest absolute Gasteiger partial charge is 0.282 e. The van der Waals surface area contributed by atoms with Gasteiger partial charge < -0.3 is 14.4 Å². The van der Waals surface area contributed by atoms with Crippen molar-refractivity contribution >= 4 is 23.1 Å². The lowest BCUT2D eigenvalue weighted by Gasteiger charge is -2.37. The SMILES string of the molecule is CCOc1ccc(C2=C(N3CC(C)OC(C)C3)C(=O)N(c3ccccc3C)C2=O)cc1. The van der Waals surface area contributed by atoms with Crippen LogP contribution in [0, 0.1) is 6.92 Å². The Kier molecular flexibility index (Phi) is 5.83. The van der Waals surface area contributed by atoms with E-state index in [1.54, 1.807) is 0 Å². The molecule has 2 aromatic carbocycles. The van der Waals surface area contributed by atoms with Gasteiger partial charge in [-0.25, -0.2) is 4.90 Å². The Morgan fingerprint density at radius 3 is 2.23 bits per heavy atom. The van der Waals surface area contributed by atoms with Crippen molar-refractivity contribution < 1.29 is 19.1 Å². The number of rotatable bonds is 5. The van der Waals surface area contributed by atoms with E-state index in [0.717, 1.165) is 11.3 Å². The molecule has 0 saturated carbocycles. The number of morpholine rings is 1. The van der Waals surface area contributed by atoms with Crippen LogP contribution in [-0.4, -0.2) is 48.6 Å². The minimum atomic E-state index is -0.301. The van der Waals surface area contributed by atoms with Crippen molar-refractivity contribution in [3.05, 3.63) is 65.4 Å². The first-order valence-electron chi connectivity index (χ1n) is 10.7. The van der Waals surface area contributed by atoms with E-state index in [1.165, 1.54) is 4.90 Å². The van der Waals surface area contributed by atoms with E-state index in [-0.39, 0.29) is 24.0 Å². The van der Waals surface area contributed by atoms with Crippen LogP contribution < -0.4 is 9.64 Å². The number of carbonyl (C=O) groups is 2. The third kappa shape index (κ3) is 3.95. The number of aryl methyl sites for hydroxylation is 1. The fraction of sp³-hybridized carbons (Fsp3) is 0.360. The van der Waals surface area contributed by atoms with Gasteiger partial charge in [0.05, 0.1) is 30.1 Å². The van der Waals surface area contributed by atoms with Crippen molar-refractivity contribution in [3.63, 3.8) is 0 Å². The van der Waals surface area contributed by atoms with Crippen LogP contribution in [0.3, 0.4) is 0 Å². The van der Waals surface area contributed by atoms with E-state index in [0.29, 0.717) is 42.2 Å². The summed E-state index contributed by atoms with van der Waals surface area (Å²) < 4.78 is 11.4. The molecule has 0 spiro atoms. The maximum absolute atomic E-state index is 13.7. The van der Waals surface area contributed by atoms with Crippen LogP contribution in [0.25, 0.3) is 5.57 Å². The summed E-state index contributed by atoms with van der Waals surface area (Å²) >= 11 is 0. The summed E-state index contributed by atoms with van der Waals surface area (Å²) in [6, 6.07) is 14.8. The van der Waals surface area contributed by atoms with Gasteiger partial charge in [-0.2, -0.15) is 0 Å². The zero-order chi connectivity index (χ0) is 22.1. The van der Waals surface area contributed by atoms with E-state index >= 15 is 0 Å². The summed E-state index contributed by atoms with van der Waals surface area (Å²) in [5.74, 6) is 0.143. The van der Waals surface area contributed by atoms with E-state index in [9.17, 15) is 9.59 Å². The predicted molar refractivity (Wildman–Crippen MR) is 120 cm³/mol. The second kappa shape index (κ2) is 8.55. The number of nitrogens with zero attached hydrogens (tertiary/aromatic N) is 2. The van der Waals surface area contributed by atoms with Gasteiger partial charge in [-0.15, -0.1) is 0 Å². The fourth-order valence-electron chi connectivity index (χ4n) is 4.35. The maximum atomic E-state index is 13.7. The highest BCUT2D eigenvalue weighted by Gasteiger charge is 2.44. The second-order valence-corrected chi connectivity index (χ2v) is 8.08. The maximum Gasteiger partial charge on any atom is 0.282 e. The molecule has 2 atom stereocenters. The van der Waals surface area contributed by atoms with Crippen molar-refractivity contribution in [2.75, 3.05) is 24.6 Å². The van der Waals surface area contributed by atoms with Crippen molar-refractivity contribution in [2.24, 2.45) is 0 Å². The number of imide groups is 1. The van der Waals surface area contributed by atoms with E-state index < -0.39 is 0 Å². The fourth-order valence-corrected chi connectivity index (χ4v) is 4.35. The third-order valence-corrected chi connectivity index (χ3v) is 5.61. The molecule has 0 aromatic heterocycles. The van der Waals surface area contributed by atoms with Gasteiger partial charge in [0.15, 0.2) is 0 Å². The van der Waals surface area contributed by atoms with Crippen LogP contribution in [0.1, 0.15) is 31.9 Å². The van der Waals surface area contributed by atoms with Gasteiger partial charge in [-0.1, -0.05) is 30.3 Å². The quantitative estimate of drug-likeness (QED) is 0.689. The monoisotopic (exact) mass is 420 g/mol. The van der Waals surface area contributed by atoms with Crippen LogP contribution in [0.2, 0.25) is 0 Å². The number of benzene rings is 2. The van der Waals surface area contributed by atoms with Crippen LogP contribution in [0.5, 0.6) is 5.75 Å². The molecule has 162 valence electrons.